The first-order chi connectivity index (χ1) is 21.1. The number of carboxylic acids is 1. The van der Waals surface area contributed by atoms with Gasteiger partial charge in [-0.05, 0) is 32.1 Å². The number of carboxylic acid groups (broad SMARTS) is 1. The Balaban J connectivity index is 3.61. The second-order valence-electron chi connectivity index (χ2n) is 13.5. The largest absolute Gasteiger partial charge is 0.481 e. The van der Waals surface area contributed by atoms with E-state index in [1.54, 1.807) is 0 Å². The number of hydrogen-bond acceptors (Lipinski definition) is 3. The third-order valence-corrected chi connectivity index (χ3v) is 9.08. The van der Waals surface area contributed by atoms with Crippen LogP contribution in [0.15, 0.2) is 0 Å². The van der Waals surface area contributed by atoms with E-state index in [2.05, 4.69) is 13.8 Å². The fraction of sp³-hybridized carbons (Fsp3) is 0.949. The molecule has 43 heavy (non-hydrogen) atoms. The second kappa shape index (κ2) is 35.4. The fourth-order valence-corrected chi connectivity index (χ4v) is 6.20. The Morgan fingerprint density at radius 1 is 0.419 bits per heavy atom. The standard InChI is InChI=1S/C39H76O4/c1-3-5-7-9-11-13-14-15-16-17-18-19-20-21-22-23-24-25-27-29-31-36-39(42)43-37(34-32-35-38(40)41)33-30-28-26-12-10-8-6-4-2/h37H,3-36H2,1-2H3,(H,40,41). The molecule has 1 atom stereocenters. The van der Waals surface area contributed by atoms with Crippen LogP contribution in [-0.2, 0) is 14.3 Å². The lowest BCUT2D eigenvalue weighted by Crippen LogP contribution is -2.18. The van der Waals surface area contributed by atoms with E-state index in [1.165, 1.54) is 167 Å². The lowest BCUT2D eigenvalue weighted by molar-refractivity contribution is -0.150. The van der Waals surface area contributed by atoms with Crippen molar-refractivity contribution in [2.75, 3.05) is 0 Å². The number of esters is 1. The molecule has 4 nitrogen and oxygen atoms in total. The molecule has 0 aliphatic carbocycles. The summed E-state index contributed by atoms with van der Waals surface area (Å²) in [5.74, 6) is -0.852. The van der Waals surface area contributed by atoms with Gasteiger partial charge >= 0.3 is 11.9 Å². The van der Waals surface area contributed by atoms with Crippen molar-refractivity contribution in [3.8, 4) is 0 Å². The molecule has 0 amide bonds. The van der Waals surface area contributed by atoms with Crippen LogP contribution in [0.1, 0.15) is 232 Å². The van der Waals surface area contributed by atoms with E-state index in [0.29, 0.717) is 19.3 Å². The topological polar surface area (TPSA) is 63.6 Å². The van der Waals surface area contributed by atoms with Crippen molar-refractivity contribution in [1.82, 2.24) is 0 Å². The van der Waals surface area contributed by atoms with Crippen molar-refractivity contribution < 1.29 is 19.4 Å². The van der Waals surface area contributed by atoms with Crippen molar-refractivity contribution in [2.45, 2.75) is 238 Å². The van der Waals surface area contributed by atoms with Crippen molar-refractivity contribution in [2.24, 2.45) is 0 Å². The second-order valence-corrected chi connectivity index (χ2v) is 13.5. The third kappa shape index (κ3) is 35.3. The molecule has 0 aromatic heterocycles. The summed E-state index contributed by atoms with van der Waals surface area (Å²) in [4.78, 5) is 23.4. The maximum Gasteiger partial charge on any atom is 0.306 e. The van der Waals surface area contributed by atoms with Gasteiger partial charge in [-0.2, -0.15) is 0 Å². The number of aliphatic carboxylic acids is 1. The zero-order valence-electron chi connectivity index (χ0n) is 29.3. The average molecular weight is 609 g/mol. The van der Waals surface area contributed by atoms with E-state index in [9.17, 15) is 9.59 Å². The highest BCUT2D eigenvalue weighted by atomic mass is 16.5. The minimum Gasteiger partial charge on any atom is -0.481 e. The molecule has 0 radical (unpaired) electrons. The number of rotatable bonds is 36. The van der Waals surface area contributed by atoms with Crippen LogP contribution in [-0.4, -0.2) is 23.1 Å². The van der Waals surface area contributed by atoms with E-state index in [4.69, 9.17) is 9.84 Å². The number of ether oxygens (including phenoxy) is 1. The van der Waals surface area contributed by atoms with Crippen LogP contribution in [0, 0.1) is 0 Å². The summed E-state index contributed by atoms with van der Waals surface area (Å²) in [6, 6.07) is 0. The Morgan fingerprint density at radius 2 is 0.721 bits per heavy atom. The molecule has 0 saturated carbocycles. The van der Waals surface area contributed by atoms with E-state index < -0.39 is 5.97 Å². The molecule has 1 N–H and O–H groups in total. The first kappa shape index (κ1) is 41.9. The zero-order valence-corrected chi connectivity index (χ0v) is 29.3. The molecule has 0 heterocycles. The van der Waals surface area contributed by atoms with Gasteiger partial charge in [0.1, 0.15) is 6.10 Å². The average Bonchev–Trinajstić information content (AvgIpc) is 2.99. The smallest absolute Gasteiger partial charge is 0.306 e. The molecule has 0 fully saturated rings. The van der Waals surface area contributed by atoms with Gasteiger partial charge in [0.05, 0.1) is 0 Å². The van der Waals surface area contributed by atoms with Gasteiger partial charge in [-0.25, -0.2) is 0 Å². The van der Waals surface area contributed by atoms with Crippen LogP contribution in [0.4, 0.5) is 0 Å². The molecular formula is C39H76O4. The van der Waals surface area contributed by atoms with Crippen LogP contribution in [0.3, 0.4) is 0 Å². The van der Waals surface area contributed by atoms with Gasteiger partial charge in [-0.3, -0.25) is 9.59 Å². The lowest BCUT2D eigenvalue weighted by Gasteiger charge is -2.18. The highest BCUT2D eigenvalue weighted by Gasteiger charge is 2.15. The molecule has 0 bridgehead atoms. The molecule has 1 unspecified atom stereocenters. The maximum absolute atomic E-state index is 12.4. The van der Waals surface area contributed by atoms with Crippen LogP contribution in [0.25, 0.3) is 0 Å². The maximum atomic E-state index is 12.4. The lowest BCUT2D eigenvalue weighted by atomic mass is 10.0. The quantitative estimate of drug-likeness (QED) is 0.0567. The Morgan fingerprint density at radius 3 is 1.07 bits per heavy atom. The first-order valence-corrected chi connectivity index (χ1v) is 19.5. The Bertz CT molecular complexity index is 576. The number of unbranched alkanes of at least 4 members (excludes halogenated alkanes) is 27. The summed E-state index contributed by atoms with van der Waals surface area (Å²) in [6.07, 6.45) is 41.3. The summed E-state index contributed by atoms with van der Waals surface area (Å²) < 4.78 is 5.80. The van der Waals surface area contributed by atoms with Gasteiger partial charge in [0.15, 0.2) is 0 Å². The minimum absolute atomic E-state index is 0.0855. The predicted molar refractivity (Wildman–Crippen MR) is 186 cm³/mol. The highest BCUT2D eigenvalue weighted by molar-refractivity contribution is 5.69. The van der Waals surface area contributed by atoms with Gasteiger partial charge in [0.25, 0.3) is 0 Å². The molecule has 0 saturated heterocycles. The highest BCUT2D eigenvalue weighted by Crippen LogP contribution is 2.18. The van der Waals surface area contributed by atoms with Gasteiger partial charge in [-0.1, -0.05) is 187 Å². The molecular weight excluding hydrogens is 532 g/mol. The van der Waals surface area contributed by atoms with Crippen LogP contribution in [0.5, 0.6) is 0 Å². The van der Waals surface area contributed by atoms with Crippen LogP contribution >= 0.6 is 0 Å². The van der Waals surface area contributed by atoms with E-state index in [1.807, 2.05) is 0 Å². The van der Waals surface area contributed by atoms with E-state index in [-0.39, 0.29) is 18.5 Å². The summed E-state index contributed by atoms with van der Waals surface area (Å²) in [5.41, 5.74) is 0. The zero-order chi connectivity index (χ0) is 31.5. The Hall–Kier alpha value is -1.06. The number of hydrogen-bond donors (Lipinski definition) is 1. The van der Waals surface area contributed by atoms with Crippen molar-refractivity contribution in [1.29, 1.82) is 0 Å². The molecule has 4 heteroatoms. The van der Waals surface area contributed by atoms with Crippen LogP contribution in [0.2, 0.25) is 0 Å². The van der Waals surface area contributed by atoms with Crippen molar-refractivity contribution >= 4 is 11.9 Å². The van der Waals surface area contributed by atoms with Crippen molar-refractivity contribution in [3.63, 3.8) is 0 Å². The predicted octanol–water partition coefficient (Wildman–Crippen LogP) is 13.3. The number of carbonyl (C=O) groups is 2. The number of carbonyl (C=O) groups excluding carboxylic acids is 1. The summed E-state index contributed by atoms with van der Waals surface area (Å²) in [7, 11) is 0. The normalized spacial score (nSPS) is 12.0. The molecule has 0 aliphatic rings. The Labute approximate surface area is 269 Å². The summed E-state index contributed by atoms with van der Waals surface area (Å²) in [6.45, 7) is 4.53. The first-order valence-electron chi connectivity index (χ1n) is 19.5. The molecule has 0 aromatic carbocycles. The van der Waals surface area contributed by atoms with Crippen LogP contribution < -0.4 is 0 Å². The van der Waals surface area contributed by atoms with Gasteiger partial charge in [0, 0.05) is 12.8 Å². The summed E-state index contributed by atoms with van der Waals surface area (Å²) >= 11 is 0. The van der Waals surface area contributed by atoms with Gasteiger partial charge < -0.3 is 9.84 Å². The molecule has 0 spiro atoms. The minimum atomic E-state index is -0.767. The Kier molecular flexibility index (Phi) is 34.5. The molecule has 0 aliphatic heterocycles. The SMILES string of the molecule is CCCCCCCCCCCCCCCCCCCCCCCC(=O)OC(CCCCCCCCCC)CCCC(=O)O. The third-order valence-electron chi connectivity index (χ3n) is 9.08. The summed E-state index contributed by atoms with van der Waals surface area (Å²) in [5, 5.41) is 8.97. The van der Waals surface area contributed by atoms with Gasteiger partial charge in [-0.15, -0.1) is 0 Å². The molecule has 256 valence electrons. The molecule has 0 rings (SSSR count). The fourth-order valence-electron chi connectivity index (χ4n) is 6.20. The molecule has 0 aromatic rings. The van der Waals surface area contributed by atoms with E-state index in [0.717, 1.165) is 25.7 Å². The van der Waals surface area contributed by atoms with Crippen molar-refractivity contribution in [3.05, 3.63) is 0 Å². The monoisotopic (exact) mass is 609 g/mol. The van der Waals surface area contributed by atoms with Gasteiger partial charge in [0.2, 0.25) is 0 Å². The van der Waals surface area contributed by atoms with E-state index >= 15 is 0 Å².